The number of benzene rings is 2. The van der Waals surface area contributed by atoms with E-state index < -0.39 is 16.9 Å². The van der Waals surface area contributed by atoms with Gasteiger partial charge in [-0.25, -0.2) is 0 Å². The molecule has 9 nitrogen and oxygen atoms in total. The molecule has 158 valence electrons. The zero-order valence-electron chi connectivity index (χ0n) is 17.1. The molecule has 0 spiro atoms. The van der Waals surface area contributed by atoms with E-state index in [1.165, 1.54) is 24.3 Å². The minimum absolute atomic E-state index is 0.0847. The molecule has 1 aliphatic rings. The maximum absolute atomic E-state index is 12.7. The Morgan fingerprint density at radius 3 is 2.57 bits per heavy atom. The smallest absolute Gasteiger partial charge is 0.269 e. The van der Waals surface area contributed by atoms with Crippen LogP contribution in [0.15, 0.2) is 42.5 Å². The molecule has 9 heteroatoms. The van der Waals surface area contributed by atoms with Crippen LogP contribution < -0.4 is 15.0 Å². The molecule has 0 saturated heterocycles. The molecule has 0 aliphatic carbocycles. The maximum atomic E-state index is 12.7. The number of nitrogens with one attached hydrogen (secondary N) is 1. The van der Waals surface area contributed by atoms with Crippen LogP contribution in [0.1, 0.15) is 23.7 Å². The summed E-state index contributed by atoms with van der Waals surface area (Å²) in [5, 5.41) is 13.5. The van der Waals surface area contributed by atoms with Gasteiger partial charge in [-0.2, -0.15) is 0 Å². The highest BCUT2D eigenvalue weighted by atomic mass is 16.6. The van der Waals surface area contributed by atoms with E-state index in [1.807, 2.05) is 14.1 Å². The number of nitro benzene ring substituents is 1. The van der Waals surface area contributed by atoms with Crippen LogP contribution in [-0.4, -0.2) is 54.9 Å². The fraction of sp³-hybridized carbons (Fsp3) is 0.333. The Morgan fingerprint density at radius 2 is 1.93 bits per heavy atom. The fourth-order valence-corrected chi connectivity index (χ4v) is 3.20. The predicted octanol–water partition coefficient (Wildman–Crippen LogP) is 2.91. The van der Waals surface area contributed by atoms with Gasteiger partial charge in [0.2, 0.25) is 0 Å². The van der Waals surface area contributed by atoms with Gasteiger partial charge in [-0.1, -0.05) is 0 Å². The van der Waals surface area contributed by atoms with Gasteiger partial charge < -0.3 is 19.9 Å². The summed E-state index contributed by atoms with van der Waals surface area (Å²) in [6.45, 7) is 3.09. The van der Waals surface area contributed by atoms with Gasteiger partial charge in [0, 0.05) is 29.9 Å². The fourth-order valence-electron chi connectivity index (χ4n) is 3.20. The van der Waals surface area contributed by atoms with Crippen LogP contribution in [-0.2, 0) is 4.79 Å². The van der Waals surface area contributed by atoms with Gasteiger partial charge in [0.25, 0.3) is 17.5 Å². The van der Waals surface area contributed by atoms with Gasteiger partial charge in [-0.3, -0.25) is 19.7 Å². The standard InChI is InChI=1S/C21H24N4O5/c1-14-21(27)24(12-4-11-23(2)3)18-13-16(7-10-19(18)30-14)22-20(26)15-5-8-17(9-6-15)25(28)29/h5-10,13-14H,4,11-12H2,1-3H3,(H,22,26). The lowest BCUT2D eigenvalue weighted by Crippen LogP contribution is -2.45. The van der Waals surface area contributed by atoms with Crippen molar-refractivity contribution < 1.29 is 19.2 Å². The van der Waals surface area contributed by atoms with E-state index in [0.29, 0.717) is 29.2 Å². The Balaban J connectivity index is 1.79. The van der Waals surface area contributed by atoms with E-state index in [0.717, 1.165) is 13.0 Å². The van der Waals surface area contributed by atoms with Crippen LogP contribution in [0.25, 0.3) is 0 Å². The summed E-state index contributed by atoms with van der Waals surface area (Å²) in [6, 6.07) is 10.5. The Labute approximate surface area is 174 Å². The molecule has 1 aliphatic heterocycles. The molecule has 2 aromatic carbocycles. The third kappa shape index (κ3) is 4.74. The maximum Gasteiger partial charge on any atom is 0.269 e. The van der Waals surface area contributed by atoms with Crippen molar-refractivity contribution in [1.82, 2.24) is 4.90 Å². The lowest BCUT2D eigenvalue weighted by Gasteiger charge is -2.33. The Hall–Kier alpha value is -3.46. The molecule has 0 saturated carbocycles. The average molecular weight is 412 g/mol. The molecule has 3 rings (SSSR count). The minimum Gasteiger partial charge on any atom is -0.479 e. The van der Waals surface area contributed by atoms with Gasteiger partial charge in [-0.05, 0) is 64.3 Å². The number of carbonyl (C=O) groups is 2. The van der Waals surface area contributed by atoms with E-state index in [2.05, 4.69) is 10.2 Å². The summed E-state index contributed by atoms with van der Waals surface area (Å²) in [5.41, 5.74) is 1.32. The Kier molecular flexibility index (Phi) is 6.31. The van der Waals surface area contributed by atoms with E-state index in [4.69, 9.17) is 4.74 Å². The first kappa shape index (κ1) is 21.3. The molecule has 1 heterocycles. The average Bonchev–Trinajstić information content (AvgIpc) is 2.71. The number of carbonyl (C=O) groups excluding carboxylic acids is 2. The zero-order chi connectivity index (χ0) is 21.8. The predicted molar refractivity (Wildman–Crippen MR) is 113 cm³/mol. The van der Waals surface area contributed by atoms with Crippen LogP contribution in [0.2, 0.25) is 0 Å². The number of hydrogen-bond acceptors (Lipinski definition) is 6. The molecule has 0 bridgehead atoms. The number of amides is 2. The normalized spacial score (nSPS) is 15.5. The second-order valence-corrected chi connectivity index (χ2v) is 7.35. The van der Waals surface area contributed by atoms with E-state index in [9.17, 15) is 19.7 Å². The molecular formula is C21H24N4O5. The monoisotopic (exact) mass is 412 g/mol. The van der Waals surface area contributed by atoms with Crippen LogP contribution in [0.4, 0.5) is 17.1 Å². The summed E-state index contributed by atoms with van der Waals surface area (Å²) in [4.78, 5) is 39.1. The lowest BCUT2D eigenvalue weighted by molar-refractivity contribution is -0.384. The molecular weight excluding hydrogens is 388 g/mol. The quantitative estimate of drug-likeness (QED) is 0.554. The summed E-state index contributed by atoms with van der Waals surface area (Å²) in [5.74, 6) is 0.0563. The van der Waals surface area contributed by atoms with Gasteiger partial charge >= 0.3 is 0 Å². The highest BCUT2D eigenvalue weighted by molar-refractivity contribution is 6.05. The highest BCUT2D eigenvalue weighted by Crippen LogP contribution is 2.36. The van der Waals surface area contributed by atoms with Crippen molar-refractivity contribution in [2.45, 2.75) is 19.4 Å². The molecule has 30 heavy (non-hydrogen) atoms. The first-order valence-corrected chi connectivity index (χ1v) is 9.59. The third-order valence-electron chi connectivity index (χ3n) is 4.75. The van der Waals surface area contributed by atoms with Crippen molar-refractivity contribution in [3.05, 3.63) is 58.1 Å². The molecule has 0 aromatic heterocycles. The largest absolute Gasteiger partial charge is 0.479 e. The first-order chi connectivity index (χ1) is 14.3. The van der Waals surface area contributed by atoms with Crippen LogP contribution in [0.5, 0.6) is 5.75 Å². The van der Waals surface area contributed by atoms with Crippen molar-refractivity contribution in [2.24, 2.45) is 0 Å². The summed E-state index contributed by atoms with van der Waals surface area (Å²) < 4.78 is 5.70. The van der Waals surface area contributed by atoms with Gasteiger partial charge in [0.15, 0.2) is 6.10 Å². The second kappa shape index (κ2) is 8.91. The first-order valence-electron chi connectivity index (χ1n) is 9.59. The molecule has 0 radical (unpaired) electrons. The summed E-state index contributed by atoms with van der Waals surface area (Å²) in [6.07, 6.45) is 0.224. The van der Waals surface area contributed by atoms with E-state index in [1.54, 1.807) is 30.0 Å². The van der Waals surface area contributed by atoms with Crippen molar-refractivity contribution in [3.63, 3.8) is 0 Å². The van der Waals surface area contributed by atoms with Crippen molar-refractivity contribution >= 4 is 28.9 Å². The molecule has 2 amide bonds. The number of ether oxygens (including phenoxy) is 1. The minimum atomic E-state index is -0.572. The molecule has 1 N–H and O–H groups in total. The number of nitro groups is 1. The van der Waals surface area contributed by atoms with E-state index in [-0.39, 0.29) is 11.6 Å². The number of rotatable bonds is 7. The lowest BCUT2D eigenvalue weighted by atomic mass is 10.1. The van der Waals surface area contributed by atoms with Crippen LogP contribution in [0.3, 0.4) is 0 Å². The van der Waals surface area contributed by atoms with Gasteiger partial charge in [0.1, 0.15) is 5.75 Å². The van der Waals surface area contributed by atoms with Crippen molar-refractivity contribution in [1.29, 1.82) is 0 Å². The molecule has 0 fully saturated rings. The Morgan fingerprint density at radius 1 is 1.23 bits per heavy atom. The van der Waals surface area contributed by atoms with Crippen LogP contribution >= 0.6 is 0 Å². The number of anilines is 2. The highest BCUT2D eigenvalue weighted by Gasteiger charge is 2.31. The van der Waals surface area contributed by atoms with Gasteiger partial charge in [-0.15, -0.1) is 0 Å². The molecule has 2 aromatic rings. The number of non-ortho nitro benzene ring substituents is 1. The number of hydrogen-bond donors (Lipinski definition) is 1. The summed E-state index contributed by atoms with van der Waals surface area (Å²) >= 11 is 0. The third-order valence-corrected chi connectivity index (χ3v) is 4.75. The topological polar surface area (TPSA) is 105 Å². The number of nitrogens with zero attached hydrogens (tertiary/aromatic N) is 3. The summed E-state index contributed by atoms with van der Waals surface area (Å²) in [7, 11) is 3.95. The van der Waals surface area contributed by atoms with Crippen molar-refractivity contribution in [2.75, 3.05) is 37.4 Å². The van der Waals surface area contributed by atoms with E-state index >= 15 is 0 Å². The second-order valence-electron chi connectivity index (χ2n) is 7.35. The molecule has 1 atom stereocenters. The van der Waals surface area contributed by atoms with Gasteiger partial charge in [0.05, 0.1) is 10.6 Å². The Bertz CT molecular complexity index is 958. The molecule has 1 unspecified atom stereocenters. The number of fused-ring (bicyclic) bond motifs is 1. The SMILES string of the molecule is CC1Oc2ccc(NC(=O)c3ccc([N+](=O)[O-])cc3)cc2N(CCCN(C)C)C1=O. The zero-order valence-corrected chi connectivity index (χ0v) is 17.1. The van der Waals surface area contributed by atoms with Crippen LogP contribution in [0, 0.1) is 10.1 Å². The van der Waals surface area contributed by atoms with Crippen molar-refractivity contribution in [3.8, 4) is 5.75 Å².